The number of hydrogen-bond acceptors (Lipinski definition) is 4. The molecule has 4 heteroatoms. The zero-order valence-corrected chi connectivity index (χ0v) is 12.7. The SMILES string of the molecule is CC(C(=O)c1ccccc1)N1CCC(N2CCOCC2)C1. The van der Waals surface area contributed by atoms with Crippen molar-refractivity contribution in [3.05, 3.63) is 35.9 Å². The average Bonchev–Trinajstić information content (AvgIpc) is 3.05. The number of rotatable bonds is 4. The Labute approximate surface area is 126 Å². The first-order valence-electron chi connectivity index (χ1n) is 7.91. The van der Waals surface area contributed by atoms with Gasteiger partial charge in [0.2, 0.25) is 0 Å². The Kier molecular flexibility index (Phi) is 4.68. The molecule has 3 rings (SSSR count). The first-order chi connectivity index (χ1) is 10.3. The molecule has 2 fully saturated rings. The summed E-state index contributed by atoms with van der Waals surface area (Å²) in [5.74, 6) is 0.234. The summed E-state index contributed by atoms with van der Waals surface area (Å²) in [7, 11) is 0. The lowest BCUT2D eigenvalue weighted by atomic mass is 10.0. The molecule has 2 aliphatic rings. The Balaban J connectivity index is 1.59. The van der Waals surface area contributed by atoms with Crippen LogP contribution in [-0.4, -0.2) is 67.1 Å². The van der Waals surface area contributed by atoms with E-state index in [0.29, 0.717) is 6.04 Å². The predicted molar refractivity (Wildman–Crippen MR) is 82.6 cm³/mol. The normalized spacial score (nSPS) is 25.9. The number of benzene rings is 1. The third-order valence-electron chi connectivity index (χ3n) is 4.74. The largest absolute Gasteiger partial charge is 0.379 e. The Morgan fingerprint density at radius 3 is 2.62 bits per heavy atom. The van der Waals surface area contributed by atoms with Crippen molar-refractivity contribution in [2.75, 3.05) is 39.4 Å². The van der Waals surface area contributed by atoms with Gasteiger partial charge in [0, 0.05) is 37.8 Å². The molecule has 21 heavy (non-hydrogen) atoms. The van der Waals surface area contributed by atoms with E-state index >= 15 is 0 Å². The minimum Gasteiger partial charge on any atom is -0.379 e. The molecule has 2 atom stereocenters. The summed E-state index contributed by atoms with van der Waals surface area (Å²) in [6, 6.07) is 10.2. The van der Waals surface area contributed by atoms with Gasteiger partial charge in [-0.25, -0.2) is 0 Å². The molecule has 0 aromatic heterocycles. The standard InChI is InChI=1S/C17H24N2O2/c1-14(17(20)15-5-3-2-4-6-15)19-8-7-16(13-19)18-9-11-21-12-10-18/h2-6,14,16H,7-13H2,1H3. The summed E-state index contributed by atoms with van der Waals surface area (Å²) in [5, 5.41) is 0. The number of carbonyl (C=O) groups is 1. The van der Waals surface area contributed by atoms with Crippen LogP contribution in [0.4, 0.5) is 0 Å². The van der Waals surface area contributed by atoms with Crippen molar-refractivity contribution in [2.45, 2.75) is 25.4 Å². The van der Waals surface area contributed by atoms with Gasteiger partial charge >= 0.3 is 0 Å². The van der Waals surface area contributed by atoms with E-state index in [1.54, 1.807) is 0 Å². The van der Waals surface area contributed by atoms with E-state index in [-0.39, 0.29) is 11.8 Å². The molecule has 2 saturated heterocycles. The number of ether oxygens (including phenoxy) is 1. The zero-order chi connectivity index (χ0) is 14.7. The minimum atomic E-state index is -0.0292. The molecule has 2 aliphatic heterocycles. The number of morpholine rings is 1. The number of ketones is 1. The van der Waals surface area contributed by atoms with E-state index in [1.165, 1.54) is 0 Å². The van der Waals surface area contributed by atoms with E-state index in [0.717, 1.165) is 51.4 Å². The molecule has 114 valence electrons. The fourth-order valence-electron chi connectivity index (χ4n) is 3.37. The van der Waals surface area contributed by atoms with Crippen molar-refractivity contribution in [1.82, 2.24) is 9.80 Å². The summed E-state index contributed by atoms with van der Waals surface area (Å²) in [4.78, 5) is 17.4. The maximum atomic E-state index is 12.5. The number of nitrogens with zero attached hydrogens (tertiary/aromatic N) is 2. The van der Waals surface area contributed by atoms with Gasteiger partial charge in [0.15, 0.2) is 5.78 Å². The zero-order valence-electron chi connectivity index (χ0n) is 12.7. The second-order valence-electron chi connectivity index (χ2n) is 5.99. The van der Waals surface area contributed by atoms with E-state index in [4.69, 9.17) is 4.74 Å². The van der Waals surface area contributed by atoms with Gasteiger partial charge in [-0.05, 0) is 13.3 Å². The van der Waals surface area contributed by atoms with Gasteiger partial charge in [0.05, 0.1) is 19.3 Å². The number of likely N-dealkylation sites (tertiary alicyclic amines) is 1. The van der Waals surface area contributed by atoms with E-state index < -0.39 is 0 Å². The Morgan fingerprint density at radius 2 is 1.90 bits per heavy atom. The van der Waals surface area contributed by atoms with Crippen molar-refractivity contribution < 1.29 is 9.53 Å². The van der Waals surface area contributed by atoms with Crippen LogP contribution in [0.15, 0.2) is 30.3 Å². The van der Waals surface area contributed by atoms with Gasteiger partial charge in [-0.3, -0.25) is 14.6 Å². The summed E-state index contributed by atoms with van der Waals surface area (Å²) in [5.41, 5.74) is 0.819. The molecule has 0 bridgehead atoms. The molecule has 0 saturated carbocycles. The summed E-state index contributed by atoms with van der Waals surface area (Å²) in [6.07, 6.45) is 1.16. The maximum Gasteiger partial charge on any atom is 0.179 e. The molecule has 2 heterocycles. The monoisotopic (exact) mass is 288 g/mol. The highest BCUT2D eigenvalue weighted by Crippen LogP contribution is 2.20. The summed E-state index contributed by atoms with van der Waals surface area (Å²) < 4.78 is 5.42. The van der Waals surface area contributed by atoms with Gasteiger partial charge in [-0.15, -0.1) is 0 Å². The molecule has 0 spiro atoms. The van der Waals surface area contributed by atoms with Crippen LogP contribution in [0.5, 0.6) is 0 Å². The first-order valence-corrected chi connectivity index (χ1v) is 7.91. The Hall–Kier alpha value is -1.23. The van der Waals surface area contributed by atoms with Crippen LogP contribution >= 0.6 is 0 Å². The first kappa shape index (κ1) is 14.7. The summed E-state index contributed by atoms with van der Waals surface area (Å²) in [6.45, 7) is 7.79. The van der Waals surface area contributed by atoms with Gasteiger partial charge in [0.1, 0.15) is 0 Å². The molecular formula is C17H24N2O2. The van der Waals surface area contributed by atoms with Crippen molar-refractivity contribution in [3.8, 4) is 0 Å². The van der Waals surface area contributed by atoms with Crippen molar-refractivity contribution >= 4 is 5.78 Å². The Morgan fingerprint density at radius 1 is 1.19 bits per heavy atom. The molecule has 0 radical (unpaired) electrons. The number of hydrogen-bond donors (Lipinski definition) is 0. The number of Topliss-reactive ketones (excluding diaryl/α,β-unsaturated/α-hetero) is 1. The molecule has 0 amide bonds. The van der Waals surface area contributed by atoms with E-state index in [1.807, 2.05) is 37.3 Å². The molecule has 0 aliphatic carbocycles. The quantitative estimate of drug-likeness (QED) is 0.789. The van der Waals surface area contributed by atoms with Crippen LogP contribution in [0.1, 0.15) is 23.7 Å². The van der Waals surface area contributed by atoms with Gasteiger partial charge in [-0.1, -0.05) is 30.3 Å². The second-order valence-corrected chi connectivity index (χ2v) is 5.99. The molecule has 2 unspecified atom stereocenters. The minimum absolute atomic E-state index is 0.0292. The van der Waals surface area contributed by atoms with Crippen LogP contribution in [0.25, 0.3) is 0 Å². The van der Waals surface area contributed by atoms with Crippen LogP contribution in [-0.2, 0) is 4.74 Å². The topological polar surface area (TPSA) is 32.8 Å². The van der Waals surface area contributed by atoms with Crippen molar-refractivity contribution in [3.63, 3.8) is 0 Å². The van der Waals surface area contributed by atoms with Crippen LogP contribution in [0.2, 0.25) is 0 Å². The lowest BCUT2D eigenvalue weighted by molar-refractivity contribution is 0.0178. The lowest BCUT2D eigenvalue weighted by Crippen LogP contribution is -2.46. The molecule has 1 aromatic carbocycles. The fraction of sp³-hybridized carbons (Fsp3) is 0.588. The van der Waals surface area contributed by atoms with Crippen LogP contribution in [0.3, 0.4) is 0 Å². The second kappa shape index (κ2) is 6.69. The molecule has 4 nitrogen and oxygen atoms in total. The van der Waals surface area contributed by atoms with E-state index in [9.17, 15) is 4.79 Å². The molecular weight excluding hydrogens is 264 g/mol. The molecule has 0 N–H and O–H groups in total. The third kappa shape index (κ3) is 3.34. The highest BCUT2D eigenvalue weighted by molar-refractivity contribution is 5.99. The lowest BCUT2D eigenvalue weighted by Gasteiger charge is -2.32. The van der Waals surface area contributed by atoms with Crippen molar-refractivity contribution in [2.24, 2.45) is 0 Å². The fourth-order valence-corrected chi connectivity index (χ4v) is 3.37. The van der Waals surface area contributed by atoms with Gasteiger partial charge < -0.3 is 4.74 Å². The van der Waals surface area contributed by atoms with Gasteiger partial charge in [0.25, 0.3) is 0 Å². The smallest absolute Gasteiger partial charge is 0.179 e. The third-order valence-corrected chi connectivity index (χ3v) is 4.74. The average molecular weight is 288 g/mol. The van der Waals surface area contributed by atoms with Crippen LogP contribution < -0.4 is 0 Å². The van der Waals surface area contributed by atoms with Crippen LogP contribution in [0, 0.1) is 0 Å². The predicted octanol–water partition coefficient (Wildman–Crippen LogP) is 1.66. The number of carbonyl (C=O) groups excluding carboxylic acids is 1. The summed E-state index contributed by atoms with van der Waals surface area (Å²) >= 11 is 0. The van der Waals surface area contributed by atoms with Gasteiger partial charge in [-0.2, -0.15) is 0 Å². The van der Waals surface area contributed by atoms with E-state index in [2.05, 4.69) is 9.80 Å². The highest BCUT2D eigenvalue weighted by atomic mass is 16.5. The Bertz CT molecular complexity index is 471. The molecule has 1 aromatic rings. The maximum absolute atomic E-state index is 12.5. The highest BCUT2D eigenvalue weighted by Gasteiger charge is 2.33. The van der Waals surface area contributed by atoms with Crippen molar-refractivity contribution in [1.29, 1.82) is 0 Å².